The van der Waals surface area contributed by atoms with Crippen LogP contribution in [0.5, 0.6) is 5.75 Å². The highest BCUT2D eigenvalue weighted by Gasteiger charge is 2.11. The quantitative estimate of drug-likeness (QED) is 0.750. The van der Waals surface area contributed by atoms with E-state index < -0.39 is 0 Å². The first-order valence-electron chi connectivity index (χ1n) is 6.88. The molecule has 0 spiro atoms. The van der Waals surface area contributed by atoms with Gasteiger partial charge in [0.1, 0.15) is 12.4 Å². The van der Waals surface area contributed by atoms with E-state index in [1.54, 1.807) is 0 Å². The predicted molar refractivity (Wildman–Crippen MR) is 94.7 cm³/mol. The van der Waals surface area contributed by atoms with Gasteiger partial charge >= 0.3 is 0 Å². The maximum absolute atomic E-state index is 5.97. The van der Waals surface area contributed by atoms with Crippen LogP contribution < -0.4 is 10.5 Å². The third kappa shape index (κ3) is 4.56. The summed E-state index contributed by atoms with van der Waals surface area (Å²) in [7, 11) is 0. The lowest BCUT2D eigenvalue weighted by atomic mass is 10.1. The first-order chi connectivity index (χ1) is 9.97. The van der Waals surface area contributed by atoms with Gasteiger partial charge in [-0.1, -0.05) is 24.3 Å². The van der Waals surface area contributed by atoms with Gasteiger partial charge in [0.05, 0.1) is 8.95 Å². The molecule has 1 atom stereocenters. The SMILES string of the molecule is Cc1ccccc1COc1c(Br)cc(CC(C)N)cc1Br. The second-order valence-electron chi connectivity index (χ2n) is 5.29. The molecular formula is C17H19Br2NO. The van der Waals surface area contributed by atoms with Crippen LogP contribution in [-0.2, 0) is 13.0 Å². The molecule has 0 saturated heterocycles. The third-order valence-corrected chi connectivity index (χ3v) is 4.43. The van der Waals surface area contributed by atoms with Crippen molar-refractivity contribution in [2.75, 3.05) is 0 Å². The Bertz CT molecular complexity index is 603. The summed E-state index contributed by atoms with van der Waals surface area (Å²) in [6, 6.07) is 12.5. The summed E-state index contributed by atoms with van der Waals surface area (Å²) in [5.74, 6) is 0.826. The van der Waals surface area contributed by atoms with E-state index in [0.717, 1.165) is 21.1 Å². The smallest absolute Gasteiger partial charge is 0.148 e. The summed E-state index contributed by atoms with van der Waals surface area (Å²) in [5, 5.41) is 0. The van der Waals surface area contributed by atoms with E-state index >= 15 is 0 Å². The molecule has 0 fully saturated rings. The van der Waals surface area contributed by atoms with Crippen molar-refractivity contribution in [2.45, 2.75) is 32.9 Å². The fourth-order valence-corrected chi connectivity index (χ4v) is 3.67. The van der Waals surface area contributed by atoms with Crippen LogP contribution in [0, 0.1) is 6.92 Å². The lowest BCUT2D eigenvalue weighted by molar-refractivity contribution is 0.301. The van der Waals surface area contributed by atoms with E-state index in [9.17, 15) is 0 Å². The van der Waals surface area contributed by atoms with Gasteiger partial charge in [-0.3, -0.25) is 0 Å². The molecule has 0 bridgehead atoms. The maximum Gasteiger partial charge on any atom is 0.148 e. The topological polar surface area (TPSA) is 35.2 Å². The minimum absolute atomic E-state index is 0.141. The van der Waals surface area contributed by atoms with E-state index in [0.29, 0.717) is 6.61 Å². The van der Waals surface area contributed by atoms with Crippen molar-refractivity contribution in [1.29, 1.82) is 0 Å². The number of ether oxygens (including phenoxy) is 1. The van der Waals surface area contributed by atoms with Crippen LogP contribution in [0.25, 0.3) is 0 Å². The molecule has 0 saturated carbocycles. The van der Waals surface area contributed by atoms with E-state index in [-0.39, 0.29) is 6.04 Å². The van der Waals surface area contributed by atoms with Crippen molar-refractivity contribution in [2.24, 2.45) is 5.73 Å². The summed E-state index contributed by atoms with van der Waals surface area (Å²) >= 11 is 7.17. The molecule has 0 aromatic heterocycles. The third-order valence-electron chi connectivity index (χ3n) is 3.25. The van der Waals surface area contributed by atoms with Gasteiger partial charge in [0.25, 0.3) is 0 Å². The molecule has 2 rings (SSSR count). The molecule has 0 amide bonds. The van der Waals surface area contributed by atoms with E-state index in [1.165, 1.54) is 16.7 Å². The van der Waals surface area contributed by atoms with Crippen LogP contribution >= 0.6 is 31.9 Å². The summed E-state index contributed by atoms with van der Waals surface area (Å²) in [4.78, 5) is 0. The molecule has 2 aromatic rings. The molecule has 0 aliphatic carbocycles. The summed E-state index contributed by atoms with van der Waals surface area (Å²) in [6.07, 6.45) is 0.843. The zero-order valence-corrected chi connectivity index (χ0v) is 15.4. The highest BCUT2D eigenvalue weighted by molar-refractivity contribution is 9.11. The average Bonchev–Trinajstić information content (AvgIpc) is 2.39. The number of hydrogen-bond acceptors (Lipinski definition) is 2. The molecule has 2 N–H and O–H groups in total. The summed E-state index contributed by atoms with van der Waals surface area (Å²) < 4.78 is 7.86. The van der Waals surface area contributed by atoms with Crippen LogP contribution in [0.1, 0.15) is 23.6 Å². The van der Waals surface area contributed by atoms with Crippen LogP contribution in [0.3, 0.4) is 0 Å². The molecule has 112 valence electrons. The lowest BCUT2D eigenvalue weighted by Gasteiger charge is -2.14. The number of rotatable bonds is 5. The van der Waals surface area contributed by atoms with Gasteiger partial charge in [-0.2, -0.15) is 0 Å². The second-order valence-corrected chi connectivity index (χ2v) is 6.99. The molecule has 2 aromatic carbocycles. The molecular weight excluding hydrogens is 394 g/mol. The van der Waals surface area contributed by atoms with Crippen LogP contribution in [0.2, 0.25) is 0 Å². The highest BCUT2D eigenvalue weighted by Crippen LogP contribution is 2.35. The fourth-order valence-electron chi connectivity index (χ4n) is 2.16. The Labute approximate surface area is 143 Å². The molecule has 2 nitrogen and oxygen atoms in total. The largest absolute Gasteiger partial charge is 0.487 e. The van der Waals surface area contributed by atoms with Gasteiger partial charge in [-0.05, 0) is 81.0 Å². The first-order valence-corrected chi connectivity index (χ1v) is 8.46. The van der Waals surface area contributed by atoms with E-state index in [4.69, 9.17) is 10.5 Å². The number of halogens is 2. The Balaban J connectivity index is 2.15. The van der Waals surface area contributed by atoms with Crippen molar-refractivity contribution in [3.8, 4) is 5.75 Å². The normalized spacial score (nSPS) is 12.2. The summed E-state index contributed by atoms with van der Waals surface area (Å²) in [6.45, 7) is 4.65. The van der Waals surface area contributed by atoms with Gasteiger partial charge in [0, 0.05) is 6.04 Å². The van der Waals surface area contributed by atoms with Crippen molar-refractivity contribution in [1.82, 2.24) is 0 Å². The van der Waals surface area contributed by atoms with Crippen molar-refractivity contribution < 1.29 is 4.74 Å². The second kappa shape index (κ2) is 7.43. The standard InChI is InChI=1S/C17H19Br2NO/c1-11-5-3-4-6-14(11)10-21-17-15(18)8-13(7-12(2)20)9-16(17)19/h3-6,8-9,12H,7,10,20H2,1-2H3. The first kappa shape index (κ1) is 16.5. The van der Waals surface area contributed by atoms with Gasteiger partial charge in [-0.25, -0.2) is 0 Å². The Morgan fingerprint density at radius 3 is 2.33 bits per heavy atom. The molecule has 21 heavy (non-hydrogen) atoms. The van der Waals surface area contributed by atoms with Gasteiger partial charge < -0.3 is 10.5 Å². The average molecular weight is 413 g/mol. The molecule has 4 heteroatoms. The Kier molecular flexibility index (Phi) is 5.85. The highest BCUT2D eigenvalue weighted by atomic mass is 79.9. The predicted octanol–water partition coefficient (Wildman–Crippen LogP) is 4.99. The molecule has 0 radical (unpaired) electrons. The maximum atomic E-state index is 5.97. The number of hydrogen-bond donors (Lipinski definition) is 1. The number of aryl methyl sites for hydroxylation is 1. The van der Waals surface area contributed by atoms with E-state index in [1.807, 2.05) is 19.1 Å². The Hall–Kier alpha value is -0.840. The zero-order chi connectivity index (χ0) is 15.4. The molecule has 0 aliphatic rings. The van der Waals surface area contributed by atoms with E-state index in [2.05, 4.69) is 63.0 Å². The Morgan fingerprint density at radius 2 is 1.76 bits per heavy atom. The van der Waals surface area contributed by atoms with Crippen LogP contribution in [0.15, 0.2) is 45.3 Å². The minimum Gasteiger partial charge on any atom is -0.487 e. The van der Waals surface area contributed by atoms with Gasteiger partial charge in [0.15, 0.2) is 0 Å². The zero-order valence-electron chi connectivity index (χ0n) is 12.2. The molecule has 0 heterocycles. The van der Waals surface area contributed by atoms with Crippen LogP contribution in [-0.4, -0.2) is 6.04 Å². The number of benzene rings is 2. The van der Waals surface area contributed by atoms with Crippen LogP contribution in [0.4, 0.5) is 0 Å². The lowest BCUT2D eigenvalue weighted by Crippen LogP contribution is -2.17. The van der Waals surface area contributed by atoms with Gasteiger partial charge in [0.2, 0.25) is 0 Å². The van der Waals surface area contributed by atoms with Crippen molar-refractivity contribution in [3.63, 3.8) is 0 Å². The molecule has 0 aliphatic heterocycles. The van der Waals surface area contributed by atoms with Crippen molar-refractivity contribution >= 4 is 31.9 Å². The number of nitrogens with two attached hydrogens (primary N) is 1. The van der Waals surface area contributed by atoms with Gasteiger partial charge in [-0.15, -0.1) is 0 Å². The monoisotopic (exact) mass is 411 g/mol. The Morgan fingerprint density at radius 1 is 1.14 bits per heavy atom. The minimum atomic E-state index is 0.141. The fraction of sp³-hybridized carbons (Fsp3) is 0.294. The summed E-state index contributed by atoms with van der Waals surface area (Å²) in [5.41, 5.74) is 9.46. The van der Waals surface area contributed by atoms with Crippen molar-refractivity contribution in [3.05, 3.63) is 62.0 Å². The molecule has 1 unspecified atom stereocenters.